The van der Waals surface area contributed by atoms with Gasteiger partial charge < -0.3 is 19.9 Å². The van der Waals surface area contributed by atoms with Crippen molar-refractivity contribution in [3.8, 4) is 0 Å². The molecule has 1 aromatic carbocycles. The van der Waals surface area contributed by atoms with E-state index in [0.717, 1.165) is 69.2 Å². The first kappa shape index (κ1) is 19.7. The van der Waals surface area contributed by atoms with E-state index in [9.17, 15) is 4.79 Å². The van der Waals surface area contributed by atoms with Gasteiger partial charge in [0.15, 0.2) is 5.96 Å². The molecular weight excluding hydrogens is 340 g/mol. The van der Waals surface area contributed by atoms with Crippen LogP contribution in [0.4, 0.5) is 0 Å². The largest absolute Gasteiger partial charge is 0.381 e. The van der Waals surface area contributed by atoms with Gasteiger partial charge in [0.2, 0.25) is 0 Å². The predicted molar refractivity (Wildman–Crippen MR) is 108 cm³/mol. The molecule has 0 bridgehead atoms. The molecule has 2 heterocycles. The highest BCUT2D eigenvalue weighted by atomic mass is 16.5. The van der Waals surface area contributed by atoms with Gasteiger partial charge >= 0.3 is 0 Å². The maximum Gasteiger partial charge on any atom is 0.253 e. The van der Waals surface area contributed by atoms with Crippen LogP contribution in [0.25, 0.3) is 0 Å². The Morgan fingerprint density at radius 1 is 1.26 bits per heavy atom. The number of benzene rings is 1. The van der Waals surface area contributed by atoms with Crippen molar-refractivity contribution in [2.24, 2.45) is 10.9 Å². The van der Waals surface area contributed by atoms with Crippen molar-refractivity contribution < 1.29 is 9.53 Å². The average molecular weight is 373 g/mol. The smallest absolute Gasteiger partial charge is 0.253 e. The van der Waals surface area contributed by atoms with Crippen LogP contribution >= 0.6 is 0 Å². The molecule has 2 fully saturated rings. The minimum absolute atomic E-state index is 0.156. The molecule has 6 heteroatoms. The summed E-state index contributed by atoms with van der Waals surface area (Å²) < 4.78 is 5.46. The molecule has 0 saturated carbocycles. The van der Waals surface area contributed by atoms with E-state index in [0.29, 0.717) is 12.5 Å². The summed E-state index contributed by atoms with van der Waals surface area (Å²) >= 11 is 0. The molecule has 1 unspecified atom stereocenters. The van der Waals surface area contributed by atoms with E-state index >= 15 is 0 Å². The number of carbonyl (C=O) groups excluding carboxylic acids is 1. The zero-order valence-electron chi connectivity index (χ0n) is 16.6. The van der Waals surface area contributed by atoms with Crippen molar-refractivity contribution >= 4 is 11.9 Å². The van der Waals surface area contributed by atoms with E-state index < -0.39 is 0 Å². The Labute approximate surface area is 162 Å². The Hall–Kier alpha value is -2.08. The number of aliphatic imine (C=N–C) groups is 1. The monoisotopic (exact) mass is 372 g/mol. The summed E-state index contributed by atoms with van der Waals surface area (Å²) in [5.74, 6) is 1.62. The Morgan fingerprint density at radius 2 is 2.00 bits per heavy atom. The number of hydrogen-bond donors (Lipinski definition) is 1. The molecule has 2 aliphatic rings. The number of nitrogens with zero attached hydrogens (tertiary/aromatic N) is 3. The lowest BCUT2D eigenvalue weighted by Crippen LogP contribution is -2.41. The Kier molecular flexibility index (Phi) is 7.10. The fourth-order valence-corrected chi connectivity index (χ4v) is 3.81. The summed E-state index contributed by atoms with van der Waals surface area (Å²) in [5, 5.41) is 3.41. The number of carbonyl (C=O) groups is 1. The number of ether oxygens (including phenoxy) is 1. The lowest BCUT2D eigenvalue weighted by atomic mass is 10.1. The number of nitrogens with one attached hydrogen (secondary N) is 1. The van der Waals surface area contributed by atoms with Crippen molar-refractivity contribution in [2.75, 3.05) is 46.9 Å². The molecule has 0 aromatic heterocycles. The van der Waals surface area contributed by atoms with Gasteiger partial charge in [-0.05, 0) is 43.4 Å². The van der Waals surface area contributed by atoms with Crippen LogP contribution in [0.3, 0.4) is 0 Å². The molecule has 6 nitrogen and oxygen atoms in total. The third-order valence-electron chi connectivity index (χ3n) is 5.42. The van der Waals surface area contributed by atoms with Crippen LogP contribution in [0.1, 0.15) is 41.6 Å². The molecule has 0 spiro atoms. The fourth-order valence-electron chi connectivity index (χ4n) is 3.81. The molecule has 3 rings (SSSR count). The van der Waals surface area contributed by atoms with Crippen molar-refractivity contribution in [1.82, 2.24) is 15.1 Å². The summed E-state index contributed by atoms with van der Waals surface area (Å²) in [6.07, 6.45) is 4.59. The van der Waals surface area contributed by atoms with Crippen LogP contribution < -0.4 is 5.32 Å². The number of rotatable bonds is 5. The van der Waals surface area contributed by atoms with Crippen molar-refractivity contribution in [1.29, 1.82) is 0 Å². The van der Waals surface area contributed by atoms with E-state index in [-0.39, 0.29) is 5.91 Å². The highest BCUT2D eigenvalue weighted by Crippen LogP contribution is 2.15. The Bertz CT molecular complexity index is 632. The second-order valence-corrected chi connectivity index (χ2v) is 7.56. The predicted octanol–water partition coefficient (Wildman–Crippen LogP) is 2.36. The molecule has 1 amide bonds. The minimum atomic E-state index is 0.156. The zero-order chi connectivity index (χ0) is 19.1. The van der Waals surface area contributed by atoms with Gasteiger partial charge in [-0.2, -0.15) is 0 Å². The quantitative estimate of drug-likeness (QED) is 0.637. The summed E-state index contributed by atoms with van der Waals surface area (Å²) in [6.45, 7) is 5.12. The number of piperidine rings is 1. The van der Waals surface area contributed by atoms with Crippen molar-refractivity contribution in [3.05, 3.63) is 35.4 Å². The van der Waals surface area contributed by atoms with Crippen LogP contribution in [0.15, 0.2) is 29.3 Å². The first-order valence-corrected chi connectivity index (χ1v) is 10.0. The first-order chi connectivity index (χ1) is 13.2. The lowest BCUT2D eigenvalue weighted by Gasteiger charge is -2.26. The molecule has 2 saturated heterocycles. The zero-order valence-corrected chi connectivity index (χ0v) is 16.6. The van der Waals surface area contributed by atoms with E-state index in [1.54, 1.807) is 0 Å². The van der Waals surface area contributed by atoms with Crippen LogP contribution in [-0.2, 0) is 11.3 Å². The molecule has 1 N–H and O–H groups in total. The van der Waals surface area contributed by atoms with Gasteiger partial charge in [-0.25, -0.2) is 0 Å². The van der Waals surface area contributed by atoms with E-state index in [4.69, 9.17) is 4.74 Å². The Balaban J connectivity index is 1.50. The molecule has 1 atom stereocenters. The third kappa shape index (κ3) is 5.45. The van der Waals surface area contributed by atoms with Gasteiger partial charge in [0.05, 0.1) is 6.61 Å². The van der Waals surface area contributed by atoms with Crippen LogP contribution in [0.5, 0.6) is 0 Å². The first-order valence-electron chi connectivity index (χ1n) is 10.0. The second kappa shape index (κ2) is 9.74. The second-order valence-electron chi connectivity index (χ2n) is 7.56. The molecule has 2 aliphatic heterocycles. The highest BCUT2D eigenvalue weighted by Gasteiger charge is 2.19. The van der Waals surface area contributed by atoms with Gasteiger partial charge in [-0.1, -0.05) is 12.1 Å². The standard InChI is InChI=1S/C21H32N4O2/c1-22-21(24(2)15-18-10-13-27-16-18)23-14-17-6-8-19(9-7-17)20(26)25-11-4-3-5-12-25/h6-9,18H,3-5,10-16H2,1-2H3,(H,22,23). The minimum Gasteiger partial charge on any atom is -0.381 e. The van der Waals surface area contributed by atoms with Crippen molar-refractivity contribution in [3.63, 3.8) is 0 Å². The average Bonchev–Trinajstić information content (AvgIpc) is 3.22. The topological polar surface area (TPSA) is 57.2 Å². The fraction of sp³-hybridized carbons (Fsp3) is 0.619. The van der Waals surface area contributed by atoms with Crippen LogP contribution in [0.2, 0.25) is 0 Å². The van der Waals surface area contributed by atoms with Gasteiger partial charge in [0.25, 0.3) is 5.91 Å². The molecule has 27 heavy (non-hydrogen) atoms. The molecule has 148 valence electrons. The van der Waals surface area contributed by atoms with Gasteiger partial charge in [-0.3, -0.25) is 9.79 Å². The molecule has 0 radical (unpaired) electrons. The normalized spacial score (nSPS) is 20.6. The highest BCUT2D eigenvalue weighted by molar-refractivity contribution is 5.94. The maximum absolute atomic E-state index is 12.6. The van der Waals surface area contributed by atoms with Gasteiger partial charge in [0.1, 0.15) is 0 Å². The summed E-state index contributed by atoms with van der Waals surface area (Å²) in [4.78, 5) is 21.1. The number of hydrogen-bond acceptors (Lipinski definition) is 3. The van der Waals surface area contributed by atoms with E-state index in [2.05, 4.69) is 22.3 Å². The molecular formula is C21H32N4O2. The van der Waals surface area contributed by atoms with Crippen LogP contribution in [0, 0.1) is 5.92 Å². The van der Waals surface area contributed by atoms with Gasteiger partial charge in [-0.15, -0.1) is 0 Å². The molecule has 0 aliphatic carbocycles. The number of guanidine groups is 1. The SMILES string of the molecule is CN=C(NCc1ccc(C(=O)N2CCCCC2)cc1)N(C)CC1CCOC1. The third-order valence-corrected chi connectivity index (χ3v) is 5.42. The lowest BCUT2D eigenvalue weighted by molar-refractivity contribution is 0.0724. The Morgan fingerprint density at radius 3 is 2.63 bits per heavy atom. The number of amides is 1. The van der Waals surface area contributed by atoms with Crippen molar-refractivity contribution in [2.45, 2.75) is 32.2 Å². The summed E-state index contributed by atoms with van der Waals surface area (Å²) in [6, 6.07) is 7.94. The summed E-state index contributed by atoms with van der Waals surface area (Å²) in [7, 11) is 3.87. The van der Waals surface area contributed by atoms with Crippen LogP contribution in [-0.4, -0.2) is 68.6 Å². The van der Waals surface area contributed by atoms with E-state index in [1.807, 2.05) is 36.2 Å². The summed E-state index contributed by atoms with van der Waals surface area (Å²) in [5.41, 5.74) is 1.92. The maximum atomic E-state index is 12.6. The number of likely N-dealkylation sites (tertiary alicyclic amines) is 1. The molecule has 1 aromatic rings. The van der Waals surface area contributed by atoms with Gasteiger partial charge in [0, 0.05) is 58.4 Å². The van der Waals surface area contributed by atoms with E-state index in [1.165, 1.54) is 6.42 Å².